The first-order valence-electron chi connectivity index (χ1n) is 10.8. The van der Waals surface area contributed by atoms with Gasteiger partial charge in [-0.1, -0.05) is 24.3 Å². The maximum absolute atomic E-state index is 11.7. The van der Waals surface area contributed by atoms with E-state index in [1.807, 2.05) is 17.8 Å². The van der Waals surface area contributed by atoms with Gasteiger partial charge < -0.3 is 9.88 Å². The third-order valence-electron chi connectivity index (χ3n) is 6.26. The van der Waals surface area contributed by atoms with Gasteiger partial charge in [-0.25, -0.2) is 4.68 Å². The molecule has 1 N–H and O–H groups in total. The lowest BCUT2D eigenvalue weighted by molar-refractivity contribution is -0.121. The van der Waals surface area contributed by atoms with E-state index in [1.165, 1.54) is 10.9 Å². The Morgan fingerprint density at radius 2 is 2.00 bits per heavy atom. The van der Waals surface area contributed by atoms with Crippen molar-refractivity contribution in [2.75, 3.05) is 0 Å². The first-order chi connectivity index (χ1) is 15.1. The van der Waals surface area contributed by atoms with Gasteiger partial charge in [-0.15, -0.1) is 5.10 Å². The zero-order valence-corrected chi connectivity index (χ0v) is 17.8. The zero-order valence-electron chi connectivity index (χ0n) is 17.8. The highest BCUT2D eigenvalue weighted by Gasteiger charge is 2.29. The lowest BCUT2D eigenvalue weighted by Gasteiger charge is -2.15. The molecule has 1 fully saturated rings. The molecule has 1 aliphatic carbocycles. The summed E-state index contributed by atoms with van der Waals surface area (Å²) >= 11 is 0. The second-order valence-electron chi connectivity index (χ2n) is 8.28. The molecule has 0 unspecified atom stereocenters. The summed E-state index contributed by atoms with van der Waals surface area (Å²) < 4.78 is 4.11. The molecule has 7 heteroatoms. The van der Waals surface area contributed by atoms with Crippen molar-refractivity contribution in [1.29, 1.82) is 0 Å². The molecule has 3 aromatic heterocycles. The molecule has 2 atom stereocenters. The average Bonchev–Trinajstić information content (AvgIpc) is 3.54. The van der Waals surface area contributed by atoms with Gasteiger partial charge in [0.2, 0.25) is 5.91 Å². The SMILES string of the molecule is CCC(=O)N[C@H]1CC[C@@H](n2nncc2-c2ccc(-c3ccc4ccn(C)c4c3)nc2)C1. The molecule has 0 bridgehead atoms. The maximum Gasteiger partial charge on any atom is 0.219 e. The summed E-state index contributed by atoms with van der Waals surface area (Å²) in [5.41, 5.74) is 5.18. The Morgan fingerprint density at radius 1 is 1.13 bits per heavy atom. The summed E-state index contributed by atoms with van der Waals surface area (Å²) in [4.78, 5) is 16.4. The van der Waals surface area contributed by atoms with Crippen LogP contribution in [0.15, 0.2) is 55.0 Å². The van der Waals surface area contributed by atoms with Crippen LogP contribution in [0.1, 0.15) is 38.6 Å². The molecule has 0 aliphatic heterocycles. The number of hydrogen-bond acceptors (Lipinski definition) is 4. The van der Waals surface area contributed by atoms with E-state index in [4.69, 9.17) is 4.98 Å². The molecule has 1 aromatic carbocycles. The van der Waals surface area contributed by atoms with Crippen LogP contribution in [-0.4, -0.2) is 36.5 Å². The van der Waals surface area contributed by atoms with Crippen molar-refractivity contribution in [2.24, 2.45) is 7.05 Å². The Morgan fingerprint density at radius 3 is 2.81 bits per heavy atom. The zero-order chi connectivity index (χ0) is 21.4. The molecule has 5 rings (SSSR count). The van der Waals surface area contributed by atoms with Crippen LogP contribution in [0.2, 0.25) is 0 Å². The molecule has 1 aliphatic rings. The van der Waals surface area contributed by atoms with E-state index in [9.17, 15) is 4.79 Å². The standard InChI is InChI=1S/C24H26N6O/c1-3-24(31)27-19-7-8-20(13-19)30-23(15-26-28-30)18-6-9-21(25-14-18)17-5-4-16-10-11-29(2)22(16)12-17/h4-6,9-12,14-15,19-20H,3,7-8,13H2,1-2H3,(H,27,31)/t19-,20+/m0/s1. The quantitative estimate of drug-likeness (QED) is 0.533. The monoisotopic (exact) mass is 414 g/mol. The Hall–Kier alpha value is -3.48. The van der Waals surface area contributed by atoms with Crippen LogP contribution >= 0.6 is 0 Å². The van der Waals surface area contributed by atoms with Crippen molar-refractivity contribution in [3.8, 4) is 22.5 Å². The normalized spacial score (nSPS) is 18.5. The van der Waals surface area contributed by atoms with Crippen LogP contribution < -0.4 is 5.32 Å². The number of pyridine rings is 1. The topological polar surface area (TPSA) is 77.6 Å². The van der Waals surface area contributed by atoms with Gasteiger partial charge >= 0.3 is 0 Å². The molecule has 0 saturated heterocycles. The van der Waals surface area contributed by atoms with Gasteiger partial charge in [0.1, 0.15) is 0 Å². The smallest absolute Gasteiger partial charge is 0.219 e. The molecule has 0 radical (unpaired) electrons. The summed E-state index contributed by atoms with van der Waals surface area (Å²) in [6.45, 7) is 1.88. The van der Waals surface area contributed by atoms with Gasteiger partial charge in [-0.05, 0) is 48.9 Å². The molecule has 31 heavy (non-hydrogen) atoms. The minimum atomic E-state index is 0.109. The summed E-state index contributed by atoms with van der Waals surface area (Å²) in [5, 5.41) is 12.8. The van der Waals surface area contributed by atoms with Crippen LogP contribution in [0.4, 0.5) is 0 Å². The molecular weight excluding hydrogens is 388 g/mol. The largest absolute Gasteiger partial charge is 0.353 e. The molecule has 3 heterocycles. The van der Waals surface area contributed by atoms with Crippen LogP contribution in [0.25, 0.3) is 33.4 Å². The fourth-order valence-electron chi connectivity index (χ4n) is 4.50. The molecule has 7 nitrogen and oxygen atoms in total. The summed E-state index contributed by atoms with van der Waals surface area (Å²) in [7, 11) is 2.05. The maximum atomic E-state index is 11.7. The number of benzene rings is 1. The van der Waals surface area contributed by atoms with Crippen molar-refractivity contribution < 1.29 is 4.79 Å². The van der Waals surface area contributed by atoms with Crippen molar-refractivity contribution in [3.05, 3.63) is 55.0 Å². The predicted octanol–water partition coefficient (Wildman–Crippen LogP) is 4.12. The Kier molecular flexibility index (Phi) is 5.02. The van der Waals surface area contributed by atoms with E-state index in [0.29, 0.717) is 6.42 Å². The second-order valence-corrected chi connectivity index (χ2v) is 8.28. The average molecular weight is 415 g/mol. The second kappa shape index (κ2) is 7.98. The van der Waals surface area contributed by atoms with Crippen LogP contribution in [0.5, 0.6) is 0 Å². The fourth-order valence-corrected chi connectivity index (χ4v) is 4.50. The third-order valence-corrected chi connectivity index (χ3v) is 6.26. The van der Waals surface area contributed by atoms with Crippen molar-refractivity contribution in [1.82, 2.24) is 29.9 Å². The van der Waals surface area contributed by atoms with Crippen LogP contribution in [-0.2, 0) is 11.8 Å². The number of aromatic nitrogens is 5. The first kappa shape index (κ1) is 19.5. The molecule has 0 spiro atoms. The van der Waals surface area contributed by atoms with Crippen LogP contribution in [0.3, 0.4) is 0 Å². The van der Waals surface area contributed by atoms with E-state index < -0.39 is 0 Å². The minimum absolute atomic E-state index is 0.109. The Labute approximate surface area is 181 Å². The molecule has 1 amide bonds. The lowest BCUT2D eigenvalue weighted by atomic mass is 10.1. The fraction of sp³-hybridized carbons (Fsp3) is 0.333. The number of fused-ring (bicyclic) bond motifs is 1. The molecular formula is C24H26N6O. The van der Waals surface area contributed by atoms with E-state index in [1.54, 1.807) is 6.20 Å². The number of nitrogens with one attached hydrogen (secondary N) is 1. The van der Waals surface area contributed by atoms with Crippen molar-refractivity contribution in [3.63, 3.8) is 0 Å². The number of nitrogens with zero attached hydrogens (tertiary/aromatic N) is 5. The third kappa shape index (κ3) is 3.71. The van der Waals surface area contributed by atoms with Gasteiger partial charge in [0.05, 0.1) is 23.6 Å². The Balaban J connectivity index is 1.37. The van der Waals surface area contributed by atoms with Gasteiger partial charge in [0.15, 0.2) is 0 Å². The molecule has 158 valence electrons. The highest BCUT2D eigenvalue weighted by molar-refractivity contribution is 5.85. The summed E-state index contributed by atoms with van der Waals surface area (Å²) in [6, 6.07) is 13.1. The van der Waals surface area contributed by atoms with Crippen molar-refractivity contribution >= 4 is 16.8 Å². The van der Waals surface area contributed by atoms with E-state index in [-0.39, 0.29) is 18.0 Å². The van der Waals surface area contributed by atoms with Gasteiger partial charge in [0.25, 0.3) is 0 Å². The predicted molar refractivity (Wildman–Crippen MR) is 120 cm³/mol. The highest BCUT2D eigenvalue weighted by Crippen LogP contribution is 2.33. The van der Waals surface area contributed by atoms with Gasteiger partial charge in [0, 0.05) is 48.5 Å². The van der Waals surface area contributed by atoms with Gasteiger partial charge in [-0.2, -0.15) is 0 Å². The number of carbonyl (C=O) groups is 1. The molecule has 1 saturated carbocycles. The van der Waals surface area contributed by atoms with E-state index >= 15 is 0 Å². The number of hydrogen-bond donors (Lipinski definition) is 1. The van der Waals surface area contributed by atoms with Gasteiger partial charge in [-0.3, -0.25) is 9.78 Å². The molecule has 4 aromatic rings. The summed E-state index contributed by atoms with van der Waals surface area (Å²) in [5.74, 6) is 0.109. The van der Waals surface area contributed by atoms with E-state index in [0.717, 1.165) is 41.8 Å². The number of carbonyl (C=O) groups excluding carboxylic acids is 1. The lowest BCUT2D eigenvalue weighted by Crippen LogP contribution is -2.32. The van der Waals surface area contributed by atoms with Crippen LogP contribution in [0, 0.1) is 0 Å². The summed E-state index contributed by atoms with van der Waals surface area (Å²) in [6.07, 6.45) is 9.10. The Bertz CT molecular complexity index is 1220. The number of amides is 1. The number of aryl methyl sites for hydroxylation is 1. The first-order valence-corrected chi connectivity index (χ1v) is 10.8. The highest BCUT2D eigenvalue weighted by atomic mass is 16.1. The van der Waals surface area contributed by atoms with E-state index in [2.05, 4.69) is 69.8 Å². The van der Waals surface area contributed by atoms with Crippen molar-refractivity contribution in [2.45, 2.75) is 44.7 Å². The minimum Gasteiger partial charge on any atom is -0.353 e. The number of rotatable bonds is 5.